The maximum absolute atomic E-state index is 8.52. The zero-order valence-electron chi connectivity index (χ0n) is 8.65. The lowest BCUT2D eigenvalue weighted by atomic mass is 10.2. The minimum atomic E-state index is -0.500. The molecule has 14 heavy (non-hydrogen) atoms. The van der Waals surface area contributed by atoms with Crippen LogP contribution in [0.1, 0.15) is 20.8 Å². The van der Waals surface area contributed by atoms with Crippen LogP contribution in [0.5, 0.6) is 0 Å². The predicted molar refractivity (Wildman–Crippen MR) is 55.9 cm³/mol. The van der Waals surface area contributed by atoms with Crippen molar-refractivity contribution in [3.63, 3.8) is 0 Å². The SMILES string of the molecule is CC(C)(C)O.c1ccc2n[nH]nc2c1. The summed E-state index contributed by atoms with van der Waals surface area (Å²) in [5, 5.41) is 18.8. The molecule has 1 heterocycles. The van der Waals surface area contributed by atoms with Crippen molar-refractivity contribution in [3.05, 3.63) is 24.3 Å². The second-order valence-corrected chi connectivity index (χ2v) is 3.98. The lowest BCUT2D eigenvalue weighted by Crippen LogP contribution is -2.10. The van der Waals surface area contributed by atoms with Gasteiger partial charge in [-0.05, 0) is 32.9 Å². The predicted octanol–water partition coefficient (Wildman–Crippen LogP) is 1.74. The maximum atomic E-state index is 8.52. The standard InChI is InChI=1S/C6H5N3.C4H10O/c1-2-4-6-5(3-1)7-9-8-6;1-4(2,3)5/h1-4H,(H,7,8,9);5H,1-3H3. The highest BCUT2D eigenvalue weighted by molar-refractivity contribution is 5.72. The molecule has 0 fully saturated rings. The van der Waals surface area contributed by atoms with Crippen LogP contribution in [0.15, 0.2) is 24.3 Å². The number of nitrogens with zero attached hydrogens (tertiary/aromatic N) is 2. The average molecular weight is 193 g/mol. The summed E-state index contributed by atoms with van der Waals surface area (Å²) in [7, 11) is 0. The molecule has 0 aliphatic carbocycles. The molecule has 4 nitrogen and oxygen atoms in total. The fourth-order valence-corrected chi connectivity index (χ4v) is 0.786. The number of nitrogens with one attached hydrogen (secondary N) is 1. The van der Waals surface area contributed by atoms with Crippen molar-refractivity contribution in [2.24, 2.45) is 0 Å². The van der Waals surface area contributed by atoms with Gasteiger partial charge in [0.05, 0.1) is 5.60 Å². The second kappa shape index (κ2) is 4.19. The number of hydrogen-bond donors (Lipinski definition) is 2. The molecule has 76 valence electrons. The van der Waals surface area contributed by atoms with Crippen molar-refractivity contribution in [1.82, 2.24) is 15.4 Å². The molecule has 0 aliphatic heterocycles. The number of hydrogen-bond acceptors (Lipinski definition) is 3. The Balaban J connectivity index is 0.000000171. The van der Waals surface area contributed by atoms with Gasteiger partial charge in [-0.15, -0.1) is 0 Å². The molecule has 0 aliphatic rings. The Bertz CT molecular complexity index is 353. The van der Waals surface area contributed by atoms with Crippen molar-refractivity contribution in [1.29, 1.82) is 0 Å². The summed E-state index contributed by atoms with van der Waals surface area (Å²) in [6.07, 6.45) is 0. The van der Waals surface area contributed by atoms with Gasteiger partial charge in [-0.1, -0.05) is 12.1 Å². The number of aromatic amines is 1. The van der Waals surface area contributed by atoms with Crippen LogP contribution in [0, 0.1) is 0 Å². The third-order valence-corrected chi connectivity index (χ3v) is 1.22. The Labute approximate surface area is 83.0 Å². The topological polar surface area (TPSA) is 61.8 Å². The molecule has 4 heteroatoms. The molecule has 0 bridgehead atoms. The van der Waals surface area contributed by atoms with Crippen LogP contribution in [0.4, 0.5) is 0 Å². The summed E-state index contributed by atoms with van der Waals surface area (Å²) >= 11 is 0. The zero-order chi connectivity index (χ0) is 10.6. The molecular weight excluding hydrogens is 178 g/mol. The van der Waals surface area contributed by atoms with E-state index >= 15 is 0 Å². The fraction of sp³-hybridized carbons (Fsp3) is 0.400. The summed E-state index contributed by atoms with van der Waals surface area (Å²) in [6, 6.07) is 7.70. The smallest absolute Gasteiger partial charge is 0.112 e. The number of para-hydroxylation sites is 2. The molecule has 0 saturated heterocycles. The molecule has 1 aromatic carbocycles. The van der Waals surface area contributed by atoms with E-state index in [0.717, 1.165) is 11.0 Å². The van der Waals surface area contributed by atoms with Crippen LogP contribution in [-0.4, -0.2) is 26.1 Å². The number of fused-ring (bicyclic) bond motifs is 1. The molecule has 2 N–H and O–H groups in total. The van der Waals surface area contributed by atoms with Crippen molar-refractivity contribution in [3.8, 4) is 0 Å². The Hall–Kier alpha value is -1.42. The van der Waals surface area contributed by atoms with E-state index in [0.29, 0.717) is 0 Å². The van der Waals surface area contributed by atoms with Gasteiger partial charge in [0.2, 0.25) is 0 Å². The first-order valence-electron chi connectivity index (χ1n) is 4.45. The fourth-order valence-electron chi connectivity index (χ4n) is 0.786. The van der Waals surface area contributed by atoms with Gasteiger partial charge < -0.3 is 5.11 Å². The van der Waals surface area contributed by atoms with E-state index in [1.165, 1.54) is 0 Å². The molecule has 0 unspecified atom stereocenters. The van der Waals surface area contributed by atoms with Gasteiger partial charge in [-0.2, -0.15) is 15.4 Å². The lowest BCUT2D eigenvalue weighted by molar-refractivity contribution is 0.102. The third kappa shape index (κ3) is 4.00. The summed E-state index contributed by atoms with van der Waals surface area (Å²) in [5.41, 5.74) is 1.33. The Morgan fingerprint density at radius 1 is 1.07 bits per heavy atom. The van der Waals surface area contributed by atoms with E-state index in [-0.39, 0.29) is 0 Å². The molecule has 1 aromatic heterocycles. The van der Waals surface area contributed by atoms with Gasteiger partial charge in [-0.25, -0.2) is 0 Å². The van der Waals surface area contributed by atoms with Gasteiger partial charge in [0, 0.05) is 0 Å². The highest BCUT2D eigenvalue weighted by atomic mass is 16.3. The van der Waals surface area contributed by atoms with Crippen molar-refractivity contribution >= 4 is 11.0 Å². The number of benzene rings is 1. The molecule has 0 amide bonds. The summed E-state index contributed by atoms with van der Waals surface area (Å²) < 4.78 is 0. The Morgan fingerprint density at radius 2 is 1.43 bits per heavy atom. The number of rotatable bonds is 0. The second-order valence-electron chi connectivity index (χ2n) is 3.98. The normalized spacial score (nSPS) is 10.9. The molecule has 2 rings (SSSR count). The van der Waals surface area contributed by atoms with E-state index in [1.54, 1.807) is 20.8 Å². The highest BCUT2D eigenvalue weighted by Gasteiger charge is 1.97. The van der Waals surface area contributed by atoms with Crippen LogP contribution in [-0.2, 0) is 0 Å². The van der Waals surface area contributed by atoms with Crippen LogP contribution in [0.3, 0.4) is 0 Å². The van der Waals surface area contributed by atoms with Crippen LogP contribution in [0.2, 0.25) is 0 Å². The molecule has 0 radical (unpaired) electrons. The molecule has 0 saturated carbocycles. The third-order valence-electron chi connectivity index (χ3n) is 1.22. The molecular formula is C10H15N3O. The molecule has 2 aromatic rings. The van der Waals surface area contributed by atoms with E-state index in [4.69, 9.17) is 5.11 Å². The van der Waals surface area contributed by atoms with Crippen LogP contribution < -0.4 is 0 Å². The van der Waals surface area contributed by atoms with E-state index < -0.39 is 5.60 Å². The summed E-state index contributed by atoms with van der Waals surface area (Å²) in [4.78, 5) is 0. The highest BCUT2D eigenvalue weighted by Crippen LogP contribution is 2.03. The number of aliphatic hydroxyl groups is 1. The van der Waals surface area contributed by atoms with Gasteiger partial charge in [0.15, 0.2) is 0 Å². The van der Waals surface area contributed by atoms with Crippen molar-refractivity contribution < 1.29 is 5.11 Å². The first-order chi connectivity index (χ1) is 6.47. The minimum absolute atomic E-state index is 0.500. The quantitative estimate of drug-likeness (QED) is 0.669. The number of aromatic nitrogens is 3. The lowest BCUT2D eigenvalue weighted by Gasteiger charge is -2.04. The van der Waals surface area contributed by atoms with Gasteiger partial charge in [0.25, 0.3) is 0 Å². The Morgan fingerprint density at radius 3 is 1.79 bits per heavy atom. The molecule has 0 atom stereocenters. The summed E-state index contributed by atoms with van der Waals surface area (Å²) in [6.45, 7) is 5.23. The van der Waals surface area contributed by atoms with Gasteiger partial charge >= 0.3 is 0 Å². The molecule has 0 spiro atoms. The van der Waals surface area contributed by atoms with Crippen molar-refractivity contribution in [2.45, 2.75) is 26.4 Å². The minimum Gasteiger partial charge on any atom is -0.391 e. The van der Waals surface area contributed by atoms with Crippen LogP contribution >= 0.6 is 0 Å². The van der Waals surface area contributed by atoms with Gasteiger partial charge in [0.1, 0.15) is 11.0 Å². The first kappa shape index (κ1) is 10.7. The average Bonchev–Trinajstić information content (AvgIpc) is 2.47. The maximum Gasteiger partial charge on any atom is 0.112 e. The van der Waals surface area contributed by atoms with E-state index in [2.05, 4.69) is 15.4 Å². The first-order valence-corrected chi connectivity index (χ1v) is 4.45. The number of H-pyrrole nitrogens is 1. The van der Waals surface area contributed by atoms with E-state index in [9.17, 15) is 0 Å². The summed E-state index contributed by atoms with van der Waals surface area (Å²) in [5.74, 6) is 0. The Kier molecular flexibility index (Phi) is 3.19. The van der Waals surface area contributed by atoms with Gasteiger partial charge in [-0.3, -0.25) is 0 Å². The van der Waals surface area contributed by atoms with Crippen LogP contribution in [0.25, 0.3) is 11.0 Å². The van der Waals surface area contributed by atoms with Crippen molar-refractivity contribution in [2.75, 3.05) is 0 Å². The monoisotopic (exact) mass is 193 g/mol. The van der Waals surface area contributed by atoms with E-state index in [1.807, 2.05) is 24.3 Å². The zero-order valence-corrected chi connectivity index (χ0v) is 8.65. The largest absolute Gasteiger partial charge is 0.391 e.